The molecular weight excluding hydrogens is 236 g/mol. The molecule has 1 heterocycles. The Hall–Kier alpha value is -1.63. The first-order chi connectivity index (χ1) is 8.65. The van der Waals surface area contributed by atoms with Crippen molar-refractivity contribution >= 4 is 6.03 Å². The molecule has 3 N–H and O–H groups in total. The Morgan fingerprint density at radius 1 is 1.50 bits per heavy atom. The highest BCUT2D eigenvalue weighted by molar-refractivity contribution is 5.74. The molecule has 2 atom stereocenters. The number of amides is 2. The number of aromatic nitrogens is 2. The van der Waals surface area contributed by atoms with E-state index in [9.17, 15) is 9.90 Å². The van der Waals surface area contributed by atoms with Crippen LogP contribution in [-0.4, -0.2) is 33.4 Å². The largest absolute Gasteiger partial charge is 0.391 e. The summed E-state index contributed by atoms with van der Waals surface area (Å²) in [6.07, 6.45) is 3.16. The number of aliphatic hydroxyl groups excluding tert-OH is 1. The molecule has 0 aromatic carbocycles. The fourth-order valence-electron chi connectivity index (χ4n) is 2.07. The predicted octanol–water partition coefficient (Wildman–Crippen LogP) is 0.481. The van der Waals surface area contributed by atoms with E-state index in [-0.39, 0.29) is 18.6 Å². The number of carbonyl (C=O) groups excluding carboxylic acids is 1. The van der Waals surface area contributed by atoms with E-state index in [1.807, 2.05) is 0 Å². The van der Waals surface area contributed by atoms with Gasteiger partial charge in [0, 0.05) is 6.92 Å². The summed E-state index contributed by atoms with van der Waals surface area (Å²) in [4.78, 5) is 15.6. The highest BCUT2D eigenvalue weighted by atomic mass is 16.5. The zero-order chi connectivity index (χ0) is 13.0. The molecule has 7 nitrogen and oxygen atoms in total. The highest BCUT2D eigenvalue weighted by Crippen LogP contribution is 2.18. The molecule has 2 rings (SSSR count). The summed E-state index contributed by atoms with van der Waals surface area (Å²) in [5.74, 6) is 0.904. The highest BCUT2D eigenvalue weighted by Gasteiger charge is 2.24. The average Bonchev–Trinajstić information content (AvgIpc) is 2.76. The van der Waals surface area contributed by atoms with Crippen molar-refractivity contribution in [3.05, 3.63) is 11.7 Å². The van der Waals surface area contributed by atoms with Crippen LogP contribution in [0.1, 0.15) is 37.4 Å². The molecular formula is C11H18N4O3. The zero-order valence-electron chi connectivity index (χ0n) is 10.3. The lowest BCUT2D eigenvalue weighted by Crippen LogP contribution is -2.48. The molecule has 1 aliphatic rings. The van der Waals surface area contributed by atoms with E-state index in [1.165, 1.54) is 0 Å². The van der Waals surface area contributed by atoms with Crippen LogP contribution in [0.4, 0.5) is 4.79 Å². The topological polar surface area (TPSA) is 100 Å². The molecule has 1 aromatic rings. The number of hydrogen-bond acceptors (Lipinski definition) is 5. The van der Waals surface area contributed by atoms with Gasteiger partial charge in [-0.1, -0.05) is 18.0 Å². The van der Waals surface area contributed by atoms with Crippen LogP contribution < -0.4 is 10.6 Å². The van der Waals surface area contributed by atoms with Gasteiger partial charge >= 0.3 is 6.03 Å². The molecule has 18 heavy (non-hydrogen) atoms. The minimum Gasteiger partial charge on any atom is -0.391 e. The SMILES string of the molecule is Cc1nc(CNC(=O)NC2CCCCC2O)no1. The minimum absolute atomic E-state index is 0.161. The first-order valence-corrected chi connectivity index (χ1v) is 6.17. The van der Waals surface area contributed by atoms with Crippen molar-refractivity contribution in [1.82, 2.24) is 20.8 Å². The third-order valence-corrected chi connectivity index (χ3v) is 3.02. The van der Waals surface area contributed by atoms with Crippen LogP contribution in [0, 0.1) is 6.92 Å². The monoisotopic (exact) mass is 254 g/mol. The molecule has 2 unspecified atom stereocenters. The third kappa shape index (κ3) is 3.43. The second kappa shape index (κ2) is 5.81. The van der Waals surface area contributed by atoms with Crippen LogP contribution in [-0.2, 0) is 6.54 Å². The molecule has 1 aromatic heterocycles. The molecule has 1 saturated carbocycles. The van der Waals surface area contributed by atoms with E-state index in [2.05, 4.69) is 20.8 Å². The molecule has 0 aliphatic heterocycles. The standard InChI is InChI=1S/C11H18N4O3/c1-7-13-10(15-18-7)6-12-11(17)14-8-4-2-3-5-9(8)16/h8-9,16H,2-6H2,1H3,(H2,12,14,17). The van der Waals surface area contributed by atoms with Gasteiger partial charge in [-0.05, 0) is 12.8 Å². The average molecular weight is 254 g/mol. The van der Waals surface area contributed by atoms with Crippen molar-refractivity contribution < 1.29 is 14.4 Å². The Labute approximate surface area is 105 Å². The summed E-state index contributed by atoms with van der Waals surface area (Å²) in [5, 5.41) is 18.8. The summed E-state index contributed by atoms with van der Waals surface area (Å²) in [7, 11) is 0. The number of nitrogens with zero attached hydrogens (tertiary/aromatic N) is 2. The van der Waals surface area contributed by atoms with Gasteiger partial charge < -0.3 is 20.3 Å². The molecule has 0 bridgehead atoms. The second-order valence-corrected chi connectivity index (χ2v) is 4.51. The van der Waals surface area contributed by atoms with Crippen molar-refractivity contribution in [3.8, 4) is 0 Å². The Kier molecular flexibility index (Phi) is 4.14. The third-order valence-electron chi connectivity index (χ3n) is 3.02. The lowest BCUT2D eigenvalue weighted by molar-refractivity contribution is 0.0943. The Balaban J connectivity index is 1.74. The van der Waals surface area contributed by atoms with Crippen molar-refractivity contribution in [2.24, 2.45) is 0 Å². The van der Waals surface area contributed by atoms with Crippen molar-refractivity contribution in [2.45, 2.75) is 51.3 Å². The smallest absolute Gasteiger partial charge is 0.315 e. The van der Waals surface area contributed by atoms with Gasteiger partial charge in [-0.15, -0.1) is 0 Å². The van der Waals surface area contributed by atoms with Gasteiger partial charge in [0.2, 0.25) is 5.89 Å². The molecule has 0 saturated heterocycles. The lowest BCUT2D eigenvalue weighted by atomic mass is 9.93. The van der Waals surface area contributed by atoms with Crippen LogP contribution in [0.25, 0.3) is 0 Å². The van der Waals surface area contributed by atoms with Crippen LogP contribution in [0.2, 0.25) is 0 Å². The number of rotatable bonds is 3. The maximum absolute atomic E-state index is 11.6. The number of urea groups is 1. The van der Waals surface area contributed by atoms with Gasteiger partial charge in [-0.3, -0.25) is 0 Å². The van der Waals surface area contributed by atoms with Crippen LogP contribution in [0.5, 0.6) is 0 Å². The van der Waals surface area contributed by atoms with Gasteiger partial charge in [-0.2, -0.15) is 4.98 Å². The summed E-state index contributed by atoms with van der Waals surface area (Å²) in [6.45, 7) is 1.90. The molecule has 0 spiro atoms. The maximum Gasteiger partial charge on any atom is 0.315 e. The van der Waals surface area contributed by atoms with Crippen molar-refractivity contribution in [2.75, 3.05) is 0 Å². The van der Waals surface area contributed by atoms with E-state index in [4.69, 9.17) is 4.52 Å². The number of carbonyl (C=O) groups is 1. The van der Waals surface area contributed by atoms with Crippen LogP contribution >= 0.6 is 0 Å². The van der Waals surface area contributed by atoms with E-state index < -0.39 is 6.10 Å². The van der Waals surface area contributed by atoms with Crippen molar-refractivity contribution in [1.29, 1.82) is 0 Å². The fourth-order valence-corrected chi connectivity index (χ4v) is 2.07. The summed E-state index contributed by atoms with van der Waals surface area (Å²) in [5.41, 5.74) is 0. The van der Waals surface area contributed by atoms with Crippen LogP contribution in [0.3, 0.4) is 0 Å². The quantitative estimate of drug-likeness (QED) is 0.728. The second-order valence-electron chi connectivity index (χ2n) is 4.51. The number of aliphatic hydroxyl groups is 1. The molecule has 100 valence electrons. The van der Waals surface area contributed by atoms with Gasteiger partial charge in [-0.25, -0.2) is 4.79 Å². The molecule has 2 amide bonds. The number of hydrogen-bond donors (Lipinski definition) is 3. The van der Waals surface area contributed by atoms with E-state index in [0.29, 0.717) is 11.7 Å². The van der Waals surface area contributed by atoms with Gasteiger partial charge in [0.15, 0.2) is 5.82 Å². The number of aryl methyl sites for hydroxylation is 1. The van der Waals surface area contributed by atoms with E-state index in [1.54, 1.807) is 6.92 Å². The van der Waals surface area contributed by atoms with Crippen LogP contribution in [0.15, 0.2) is 4.52 Å². The molecule has 1 aliphatic carbocycles. The Morgan fingerprint density at radius 3 is 2.94 bits per heavy atom. The summed E-state index contributed by atoms with van der Waals surface area (Å²) >= 11 is 0. The molecule has 0 radical (unpaired) electrons. The Bertz CT molecular complexity index is 407. The van der Waals surface area contributed by atoms with Crippen molar-refractivity contribution in [3.63, 3.8) is 0 Å². The zero-order valence-corrected chi connectivity index (χ0v) is 10.3. The predicted molar refractivity (Wildman–Crippen MR) is 62.7 cm³/mol. The van der Waals surface area contributed by atoms with E-state index in [0.717, 1.165) is 25.7 Å². The summed E-state index contributed by atoms with van der Waals surface area (Å²) < 4.78 is 4.79. The number of nitrogens with one attached hydrogen (secondary N) is 2. The normalized spacial score (nSPS) is 23.7. The van der Waals surface area contributed by atoms with Gasteiger partial charge in [0.25, 0.3) is 0 Å². The first kappa shape index (κ1) is 12.8. The molecule has 7 heteroatoms. The Morgan fingerprint density at radius 2 is 2.28 bits per heavy atom. The van der Waals surface area contributed by atoms with Gasteiger partial charge in [0.05, 0.1) is 18.7 Å². The lowest BCUT2D eigenvalue weighted by Gasteiger charge is -2.28. The van der Waals surface area contributed by atoms with E-state index >= 15 is 0 Å². The maximum atomic E-state index is 11.6. The summed E-state index contributed by atoms with van der Waals surface area (Å²) in [6, 6.07) is -0.478. The minimum atomic E-state index is -0.447. The molecule has 1 fully saturated rings. The van der Waals surface area contributed by atoms with Gasteiger partial charge in [0.1, 0.15) is 0 Å². The first-order valence-electron chi connectivity index (χ1n) is 6.17. The fraction of sp³-hybridized carbons (Fsp3) is 0.727.